The molecule has 0 bridgehead atoms. The molecule has 1 aromatic rings. The van der Waals surface area contributed by atoms with Crippen molar-refractivity contribution in [1.29, 1.82) is 0 Å². The standard InChI is InChI=1S/C16H19F2NO2/c1-9(16(21)10-2-4-13(17)14(18)6-10)19-7-11-3-5-15(20)12(11)8-19/h2,4,6,9,11-12,15,20H,3,5,7-8H2,1H3. The molecule has 1 saturated carbocycles. The summed E-state index contributed by atoms with van der Waals surface area (Å²) in [6.45, 7) is 3.28. The Kier molecular flexibility index (Phi) is 3.80. The molecular weight excluding hydrogens is 276 g/mol. The Morgan fingerprint density at radius 1 is 1.29 bits per heavy atom. The molecule has 0 aromatic heterocycles. The lowest BCUT2D eigenvalue weighted by Crippen LogP contribution is -2.38. The summed E-state index contributed by atoms with van der Waals surface area (Å²) >= 11 is 0. The number of ketones is 1. The third kappa shape index (κ3) is 2.60. The monoisotopic (exact) mass is 295 g/mol. The number of aliphatic hydroxyl groups is 1. The molecule has 3 nitrogen and oxygen atoms in total. The third-order valence-electron chi connectivity index (χ3n) is 4.98. The zero-order valence-corrected chi connectivity index (χ0v) is 11.9. The summed E-state index contributed by atoms with van der Waals surface area (Å²) in [5.41, 5.74) is 0.194. The number of Topliss-reactive ketones (excluding diaryl/α,β-unsaturated/α-hetero) is 1. The Bertz CT molecular complexity index is 563. The van der Waals surface area contributed by atoms with Gasteiger partial charge in [0.2, 0.25) is 0 Å². The second-order valence-corrected chi connectivity index (χ2v) is 6.19. The lowest BCUT2D eigenvalue weighted by Gasteiger charge is -2.24. The van der Waals surface area contributed by atoms with Gasteiger partial charge in [-0.05, 0) is 43.9 Å². The van der Waals surface area contributed by atoms with Gasteiger partial charge in [0.15, 0.2) is 17.4 Å². The number of nitrogens with zero attached hydrogens (tertiary/aromatic N) is 1. The average Bonchev–Trinajstić information content (AvgIpc) is 3.03. The second-order valence-electron chi connectivity index (χ2n) is 6.19. The Balaban J connectivity index is 1.72. The number of rotatable bonds is 3. The molecule has 1 aromatic carbocycles. The van der Waals surface area contributed by atoms with Crippen LogP contribution in [-0.2, 0) is 0 Å². The van der Waals surface area contributed by atoms with Gasteiger partial charge in [0.25, 0.3) is 0 Å². The van der Waals surface area contributed by atoms with Gasteiger partial charge in [-0.3, -0.25) is 9.69 Å². The fraction of sp³-hybridized carbons (Fsp3) is 0.562. The van der Waals surface area contributed by atoms with Gasteiger partial charge in [-0.1, -0.05) is 0 Å². The van der Waals surface area contributed by atoms with Crippen LogP contribution in [0.15, 0.2) is 18.2 Å². The van der Waals surface area contributed by atoms with E-state index in [9.17, 15) is 18.7 Å². The molecule has 1 heterocycles. The van der Waals surface area contributed by atoms with Crippen LogP contribution in [0.4, 0.5) is 8.78 Å². The van der Waals surface area contributed by atoms with Crippen molar-refractivity contribution in [3.8, 4) is 0 Å². The van der Waals surface area contributed by atoms with E-state index in [0.29, 0.717) is 12.5 Å². The molecule has 1 saturated heterocycles. The molecule has 4 unspecified atom stereocenters. The fourth-order valence-electron chi connectivity index (χ4n) is 3.64. The predicted octanol–water partition coefficient (Wildman–Crippen LogP) is 2.24. The number of hydrogen-bond donors (Lipinski definition) is 1. The van der Waals surface area contributed by atoms with Crippen LogP contribution >= 0.6 is 0 Å². The lowest BCUT2D eigenvalue weighted by molar-refractivity contribution is 0.0826. The zero-order valence-electron chi connectivity index (χ0n) is 11.9. The molecule has 5 heteroatoms. The minimum atomic E-state index is -0.998. The van der Waals surface area contributed by atoms with E-state index in [1.165, 1.54) is 6.07 Å². The highest BCUT2D eigenvalue weighted by atomic mass is 19.2. The number of fused-ring (bicyclic) bond motifs is 1. The highest BCUT2D eigenvalue weighted by Gasteiger charge is 2.43. The molecule has 1 aliphatic carbocycles. The van der Waals surface area contributed by atoms with Gasteiger partial charge >= 0.3 is 0 Å². The molecule has 2 fully saturated rings. The van der Waals surface area contributed by atoms with E-state index < -0.39 is 11.6 Å². The minimum Gasteiger partial charge on any atom is -0.393 e. The van der Waals surface area contributed by atoms with Crippen LogP contribution in [0.2, 0.25) is 0 Å². The number of likely N-dealkylation sites (tertiary alicyclic amines) is 1. The predicted molar refractivity (Wildman–Crippen MR) is 73.9 cm³/mol. The quantitative estimate of drug-likeness (QED) is 0.869. The molecule has 3 rings (SSSR count). The van der Waals surface area contributed by atoms with Crippen molar-refractivity contribution in [2.24, 2.45) is 11.8 Å². The highest BCUT2D eigenvalue weighted by molar-refractivity contribution is 5.99. The van der Waals surface area contributed by atoms with Crippen LogP contribution in [0.3, 0.4) is 0 Å². The molecule has 2 aliphatic rings. The van der Waals surface area contributed by atoms with Crippen molar-refractivity contribution in [2.75, 3.05) is 13.1 Å². The summed E-state index contributed by atoms with van der Waals surface area (Å²) < 4.78 is 26.2. The first-order chi connectivity index (χ1) is 9.97. The third-order valence-corrected chi connectivity index (χ3v) is 4.98. The van der Waals surface area contributed by atoms with Crippen LogP contribution in [0.1, 0.15) is 30.1 Å². The van der Waals surface area contributed by atoms with Crippen molar-refractivity contribution >= 4 is 5.78 Å². The second kappa shape index (κ2) is 5.46. The number of carbonyl (C=O) groups excluding carboxylic acids is 1. The van der Waals surface area contributed by atoms with Gasteiger partial charge in [-0.15, -0.1) is 0 Å². The van der Waals surface area contributed by atoms with Gasteiger partial charge < -0.3 is 5.11 Å². The molecular formula is C16H19F2NO2. The number of hydrogen-bond acceptors (Lipinski definition) is 3. The van der Waals surface area contributed by atoms with E-state index in [2.05, 4.69) is 0 Å². The van der Waals surface area contributed by atoms with E-state index in [1.54, 1.807) is 6.92 Å². The number of carbonyl (C=O) groups is 1. The van der Waals surface area contributed by atoms with Crippen LogP contribution in [0.25, 0.3) is 0 Å². The first kappa shape index (κ1) is 14.6. The molecule has 114 valence electrons. The van der Waals surface area contributed by atoms with Crippen molar-refractivity contribution in [1.82, 2.24) is 4.90 Å². The first-order valence-corrected chi connectivity index (χ1v) is 7.38. The van der Waals surface area contributed by atoms with Crippen molar-refractivity contribution in [3.63, 3.8) is 0 Å². The molecule has 0 spiro atoms. The maximum Gasteiger partial charge on any atom is 0.179 e. The maximum absolute atomic E-state index is 13.2. The molecule has 1 N–H and O–H groups in total. The summed E-state index contributed by atoms with van der Waals surface area (Å²) in [5.74, 6) is -1.46. The summed E-state index contributed by atoms with van der Waals surface area (Å²) in [6.07, 6.45) is 1.56. The van der Waals surface area contributed by atoms with E-state index in [0.717, 1.165) is 31.5 Å². The number of aliphatic hydroxyl groups excluding tert-OH is 1. The van der Waals surface area contributed by atoms with Gasteiger partial charge in [-0.2, -0.15) is 0 Å². The Hall–Kier alpha value is -1.33. The van der Waals surface area contributed by atoms with E-state index in [-0.39, 0.29) is 29.4 Å². The van der Waals surface area contributed by atoms with Crippen molar-refractivity contribution in [2.45, 2.75) is 31.9 Å². The number of halogens is 2. The van der Waals surface area contributed by atoms with Gasteiger partial charge in [-0.25, -0.2) is 8.78 Å². The maximum atomic E-state index is 13.2. The number of benzene rings is 1. The summed E-state index contributed by atoms with van der Waals surface area (Å²) in [5, 5.41) is 9.92. The van der Waals surface area contributed by atoms with Crippen LogP contribution in [0.5, 0.6) is 0 Å². The van der Waals surface area contributed by atoms with E-state index in [4.69, 9.17) is 0 Å². The molecule has 1 aliphatic heterocycles. The van der Waals surface area contributed by atoms with Crippen LogP contribution < -0.4 is 0 Å². The Labute approximate surface area is 122 Å². The Morgan fingerprint density at radius 3 is 2.71 bits per heavy atom. The largest absolute Gasteiger partial charge is 0.393 e. The smallest absolute Gasteiger partial charge is 0.179 e. The summed E-state index contributed by atoms with van der Waals surface area (Å²) in [7, 11) is 0. The summed E-state index contributed by atoms with van der Waals surface area (Å²) in [4.78, 5) is 14.4. The zero-order chi connectivity index (χ0) is 15.1. The summed E-state index contributed by atoms with van der Waals surface area (Å²) in [6, 6.07) is 2.88. The van der Waals surface area contributed by atoms with Gasteiger partial charge in [0, 0.05) is 24.6 Å². The van der Waals surface area contributed by atoms with Crippen LogP contribution in [0, 0.1) is 23.5 Å². The average molecular weight is 295 g/mol. The molecule has 0 amide bonds. The van der Waals surface area contributed by atoms with E-state index >= 15 is 0 Å². The SMILES string of the molecule is CC(C(=O)c1ccc(F)c(F)c1)N1CC2CCC(O)C2C1. The molecule has 21 heavy (non-hydrogen) atoms. The first-order valence-electron chi connectivity index (χ1n) is 7.38. The van der Waals surface area contributed by atoms with Gasteiger partial charge in [0.05, 0.1) is 12.1 Å². The van der Waals surface area contributed by atoms with Crippen LogP contribution in [-0.4, -0.2) is 41.0 Å². The van der Waals surface area contributed by atoms with Crippen molar-refractivity contribution in [3.05, 3.63) is 35.4 Å². The lowest BCUT2D eigenvalue weighted by atomic mass is 10.00. The minimum absolute atomic E-state index is 0.194. The highest BCUT2D eigenvalue weighted by Crippen LogP contribution is 2.39. The molecule has 4 atom stereocenters. The normalized spacial score (nSPS) is 30.4. The molecule has 0 radical (unpaired) electrons. The van der Waals surface area contributed by atoms with Crippen molar-refractivity contribution < 1.29 is 18.7 Å². The van der Waals surface area contributed by atoms with Gasteiger partial charge in [0.1, 0.15) is 0 Å². The fourth-order valence-corrected chi connectivity index (χ4v) is 3.64. The van der Waals surface area contributed by atoms with E-state index in [1.807, 2.05) is 4.90 Å². The Morgan fingerprint density at radius 2 is 2.05 bits per heavy atom. The topological polar surface area (TPSA) is 40.5 Å².